The smallest absolute Gasteiger partial charge is 0.327 e. The third-order valence-electron chi connectivity index (χ3n) is 4.80. The fraction of sp³-hybridized carbons (Fsp3) is 0.938. The molecule has 1 atom stereocenters. The molecule has 114 valence electrons. The van der Waals surface area contributed by atoms with Crippen LogP contribution in [0.5, 0.6) is 0 Å². The minimum Gasteiger partial charge on any atom is -0.465 e. The van der Waals surface area contributed by atoms with E-state index in [0.29, 0.717) is 18.6 Å². The molecule has 0 heterocycles. The van der Waals surface area contributed by atoms with Gasteiger partial charge < -0.3 is 4.74 Å². The predicted molar refractivity (Wildman–Crippen MR) is 83.0 cm³/mol. The van der Waals surface area contributed by atoms with Crippen molar-refractivity contribution in [2.75, 3.05) is 12.4 Å². The van der Waals surface area contributed by atoms with Crippen LogP contribution in [0, 0.1) is 5.92 Å². The predicted octanol–water partition coefficient (Wildman–Crippen LogP) is 3.13. The molecule has 0 saturated heterocycles. The van der Waals surface area contributed by atoms with E-state index in [4.69, 9.17) is 4.74 Å². The number of thioether (sulfide) groups is 1. The highest BCUT2D eigenvalue weighted by atomic mass is 32.2. The Bertz CT molecular complexity index is 348. The third-order valence-corrected chi connectivity index (χ3v) is 6.37. The van der Waals surface area contributed by atoms with E-state index in [-0.39, 0.29) is 11.5 Å². The Morgan fingerprint density at radius 2 is 1.90 bits per heavy atom. The van der Waals surface area contributed by atoms with E-state index in [9.17, 15) is 4.79 Å². The molecule has 3 saturated carbocycles. The van der Waals surface area contributed by atoms with Crippen molar-refractivity contribution in [3.63, 3.8) is 0 Å². The van der Waals surface area contributed by atoms with Gasteiger partial charge in [0.15, 0.2) is 0 Å². The summed E-state index contributed by atoms with van der Waals surface area (Å²) in [7, 11) is 0. The summed E-state index contributed by atoms with van der Waals surface area (Å²) in [5, 5.41) is 4.45. The molecule has 4 heteroatoms. The number of hydrogen-bond acceptors (Lipinski definition) is 4. The molecule has 3 nitrogen and oxygen atoms in total. The lowest BCUT2D eigenvalue weighted by Gasteiger charge is -2.33. The molecule has 3 rings (SSSR count). The van der Waals surface area contributed by atoms with Crippen LogP contribution >= 0.6 is 11.8 Å². The Kier molecular flexibility index (Phi) is 4.61. The number of nitrogens with one attached hydrogen (secondary N) is 1. The molecule has 0 aliphatic heterocycles. The number of esters is 1. The molecule has 3 fully saturated rings. The van der Waals surface area contributed by atoms with Crippen molar-refractivity contribution in [1.29, 1.82) is 0 Å². The molecular formula is C16H27NO2S. The maximum absolute atomic E-state index is 12.6. The van der Waals surface area contributed by atoms with Crippen molar-refractivity contribution in [1.82, 2.24) is 5.32 Å². The highest BCUT2D eigenvalue weighted by Gasteiger charge is 2.54. The average molecular weight is 297 g/mol. The number of carbonyl (C=O) groups excluding carboxylic acids is 1. The van der Waals surface area contributed by atoms with Crippen molar-refractivity contribution < 1.29 is 9.53 Å². The zero-order valence-corrected chi connectivity index (χ0v) is 13.3. The first-order valence-electron chi connectivity index (χ1n) is 8.31. The highest BCUT2D eigenvalue weighted by molar-refractivity contribution is 8.00. The molecular weight excluding hydrogens is 270 g/mol. The topological polar surface area (TPSA) is 38.3 Å². The fourth-order valence-electron chi connectivity index (χ4n) is 3.29. The Morgan fingerprint density at radius 3 is 2.45 bits per heavy atom. The lowest BCUT2D eigenvalue weighted by molar-refractivity contribution is -0.151. The average Bonchev–Trinajstić information content (AvgIpc) is 3.35. The van der Waals surface area contributed by atoms with Gasteiger partial charge in [0.25, 0.3) is 0 Å². The van der Waals surface area contributed by atoms with Crippen molar-refractivity contribution in [3.8, 4) is 0 Å². The first-order chi connectivity index (χ1) is 9.74. The molecule has 3 aliphatic rings. The van der Waals surface area contributed by atoms with Crippen LogP contribution in [0.3, 0.4) is 0 Å². The summed E-state index contributed by atoms with van der Waals surface area (Å²) in [5.74, 6) is 1.44. The van der Waals surface area contributed by atoms with Crippen LogP contribution in [0.15, 0.2) is 0 Å². The summed E-state index contributed by atoms with van der Waals surface area (Å²) in [5.41, 5.74) is -0.384. The van der Waals surface area contributed by atoms with E-state index < -0.39 is 0 Å². The Morgan fingerprint density at radius 1 is 1.20 bits per heavy atom. The van der Waals surface area contributed by atoms with E-state index in [1.807, 2.05) is 18.7 Å². The highest BCUT2D eigenvalue weighted by Crippen LogP contribution is 2.45. The van der Waals surface area contributed by atoms with Crippen LogP contribution in [-0.2, 0) is 9.53 Å². The molecule has 0 spiro atoms. The van der Waals surface area contributed by atoms with Gasteiger partial charge in [-0.2, -0.15) is 11.8 Å². The second-order valence-corrected chi connectivity index (χ2v) is 7.89. The molecule has 0 aromatic heterocycles. The Hall–Kier alpha value is -0.220. The first kappa shape index (κ1) is 14.7. The second kappa shape index (κ2) is 6.27. The van der Waals surface area contributed by atoms with E-state index >= 15 is 0 Å². The maximum Gasteiger partial charge on any atom is 0.327 e. The molecule has 0 aromatic carbocycles. The first-order valence-corrected chi connectivity index (χ1v) is 9.36. The van der Waals surface area contributed by atoms with Crippen molar-refractivity contribution in [2.45, 2.75) is 75.1 Å². The second-order valence-electron chi connectivity index (χ2n) is 6.60. The molecule has 0 bridgehead atoms. The molecule has 3 aliphatic carbocycles. The van der Waals surface area contributed by atoms with Crippen molar-refractivity contribution in [3.05, 3.63) is 0 Å². The van der Waals surface area contributed by atoms with Crippen LogP contribution in [0.1, 0.15) is 58.3 Å². The van der Waals surface area contributed by atoms with Crippen LogP contribution in [0.25, 0.3) is 0 Å². The summed E-state index contributed by atoms with van der Waals surface area (Å²) in [6.45, 7) is 2.41. The van der Waals surface area contributed by atoms with Gasteiger partial charge in [0, 0.05) is 17.0 Å². The Labute approximate surface area is 126 Å². The van der Waals surface area contributed by atoms with Gasteiger partial charge >= 0.3 is 5.97 Å². The van der Waals surface area contributed by atoms with Crippen molar-refractivity contribution >= 4 is 17.7 Å². The van der Waals surface area contributed by atoms with Gasteiger partial charge in [-0.25, -0.2) is 0 Å². The number of ether oxygens (including phenoxy) is 1. The van der Waals surface area contributed by atoms with Crippen LogP contribution in [-0.4, -0.2) is 35.2 Å². The molecule has 0 radical (unpaired) electrons. The van der Waals surface area contributed by atoms with Gasteiger partial charge in [-0.1, -0.05) is 12.8 Å². The van der Waals surface area contributed by atoms with E-state index in [1.165, 1.54) is 51.4 Å². The van der Waals surface area contributed by atoms with E-state index in [0.717, 1.165) is 11.0 Å². The molecule has 0 aromatic rings. The SMILES string of the molecule is CCOC(=O)C(CSC1CCCC1)(NC1CC1)C1CC1. The molecule has 20 heavy (non-hydrogen) atoms. The van der Waals surface area contributed by atoms with Gasteiger partial charge in [0.05, 0.1) is 6.61 Å². The normalized spacial score (nSPS) is 26.4. The van der Waals surface area contributed by atoms with E-state index in [1.54, 1.807) is 0 Å². The van der Waals surface area contributed by atoms with Gasteiger partial charge in [-0.05, 0) is 51.4 Å². The minimum atomic E-state index is -0.384. The van der Waals surface area contributed by atoms with Gasteiger partial charge in [0.1, 0.15) is 5.54 Å². The third kappa shape index (κ3) is 3.33. The molecule has 1 unspecified atom stereocenters. The lowest BCUT2D eigenvalue weighted by atomic mass is 9.95. The lowest BCUT2D eigenvalue weighted by Crippen LogP contribution is -2.58. The van der Waals surface area contributed by atoms with Gasteiger partial charge in [-0.15, -0.1) is 0 Å². The summed E-state index contributed by atoms with van der Waals surface area (Å²) in [6, 6.07) is 0.559. The number of carbonyl (C=O) groups is 1. The maximum atomic E-state index is 12.6. The van der Waals surface area contributed by atoms with E-state index in [2.05, 4.69) is 5.32 Å². The van der Waals surface area contributed by atoms with Crippen LogP contribution < -0.4 is 5.32 Å². The van der Waals surface area contributed by atoms with Crippen molar-refractivity contribution in [2.24, 2.45) is 5.92 Å². The largest absolute Gasteiger partial charge is 0.465 e. The Balaban J connectivity index is 1.67. The summed E-state index contributed by atoms with van der Waals surface area (Å²) in [6.07, 6.45) is 10.2. The zero-order chi connectivity index (χ0) is 14.0. The van der Waals surface area contributed by atoms with Crippen LogP contribution in [0.4, 0.5) is 0 Å². The quantitative estimate of drug-likeness (QED) is 0.699. The minimum absolute atomic E-state index is 0.0138. The molecule has 0 amide bonds. The van der Waals surface area contributed by atoms with Crippen LogP contribution in [0.2, 0.25) is 0 Å². The van der Waals surface area contributed by atoms with Gasteiger partial charge in [-0.3, -0.25) is 10.1 Å². The summed E-state index contributed by atoms with van der Waals surface area (Å²) in [4.78, 5) is 12.6. The standard InChI is InChI=1S/C16H27NO2S/c1-2-19-15(18)16(12-7-8-12,17-13-9-10-13)11-20-14-5-3-4-6-14/h12-14,17H,2-11H2,1H3. The summed E-state index contributed by atoms with van der Waals surface area (Å²) < 4.78 is 5.44. The number of rotatable bonds is 8. The molecule has 1 N–H and O–H groups in total. The number of hydrogen-bond donors (Lipinski definition) is 1. The van der Waals surface area contributed by atoms with Gasteiger partial charge in [0.2, 0.25) is 0 Å². The monoisotopic (exact) mass is 297 g/mol. The zero-order valence-electron chi connectivity index (χ0n) is 12.5. The summed E-state index contributed by atoms with van der Waals surface area (Å²) >= 11 is 2.02. The fourth-order valence-corrected chi connectivity index (χ4v) is 4.90.